The summed E-state index contributed by atoms with van der Waals surface area (Å²) in [7, 11) is 2.05. The number of benzene rings is 1. The summed E-state index contributed by atoms with van der Waals surface area (Å²) in [5, 5.41) is 11.3. The number of halogens is 2. The topological polar surface area (TPSA) is 94.2 Å². The zero-order valence-corrected chi connectivity index (χ0v) is 20.0. The highest BCUT2D eigenvalue weighted by atomic mass is 35.5. The summed E-state index contributed by atoms with van der Waals surface area (Å²) in [6.45, 7) is 7.19. The Kier molecular flexibility index (Phi) is 8.21. The number of thioether (sulfide) groups is 1. The smallest absolute Gasteiger partial charge is 0.253 e. The SMILES string of the molecule is CC(C)[C@@H](NC(=O)c1ccc(Cl)cc1Cl)c1nc(SCC(=O)N2CCN(C)CC2)n[nH]1. The van der Waals surface area contributed by atoms with Gasteiger partial charge in [-0.15, -0.1) is 5.10 Å². The maximum atomic E-state index is 12.7. The quantitative estimate of drug-likeness (QED) is 0.586. The molecule has 8 nitrogen and oxygen atoms in total. The molecule has 2 heterocycles. The van der Waals surface area contributed by atoms with Gasteiger partial charge in [0, 0.05) is 31.2 Å². The van der Waals surface area contributed by atoms with Crippen LogP contribution < -0.4 is 5.32 Å². The third-order valence-electron chi connectivity index (χ3n) is 5.09. The summed E-state index contributed by atoms with van der Waals surface area (Å²) in [4.78, 5) is 33.7. The lowest BCUT2D eigenvalue weighted by molar-refractivity contribution is -0.129. The predicted molar refractivity (Wildman–Crippen MR) is 123 cm³/mol. The fraction of sp³-hybridized carbons (Fsp3) is 0.500. The molecule has 0 bridgehead atoms. The number of aromatic amines is 1. The Hall–Kier alpha value is -1.81. The predicted octanol–water partition coefficient (Wildman–Crippen LogP) is 3.10. The zero-order valence-electron chi connectivity index (χ0n) is 17.7. The molecule has 1 saturated heterocycles. The van der Waals surface area contributed by atoms with Crippen LogP contribution in [0, 0.1) is 5.92 Å². The molecule has 1 fully saturated rings. The highest BCUT2D eigenvalue weighted by molar-refractivity contribution is 7.99. The highest BCUT2D eigenvalue weighted by Gasteiger charge is 2.25. The number of carbonyl (C=O) groups is 2. The van der Waals surface area contributed by atoms with Gasteiger partial charge in [-0.05, 0) is 31.2 Å². The van der Waals surface area contributed by atoms with E-state index in [0.717, 1.165) is 26.2 Å². The highest BCUT2D eigenvalue weighted by Crippen LogP contribution is 2.25. The van der Waals surface area contributed by atoms with Crippen LogP contribution in [0.4, 0.5) is 0 Å². The Balaban J connectivity index is 1.61. The maximum absolute atomic E-state index is 12.7. The van der Waals surface area contributed by atoms with Gasteiger partial charge in [-0.25, -0.2) is 4.98 Å². The van der Waals surface area contributed by atoms with Gasteiger partial charge in [-0.1, -0.05) is 48.8 Å². The van der Waals surface area contributed by atoms with Crippen molar-refractivity contribution >= 4 is 46.8 Å². The third-order valence-corrected chi connectivity index (χ3v) is 6.47. The molecule has 1 aromatic heterocycles. The van der Waals surface area contributed by atoms with Crippen LogP contribution in [0.5, 0.6) is 0 Å². The van der Waals surface area contributed by atoms with Crippen molar-refractivity contribution in [3.63, 3.8) is 0 Å². The van der Waals surface area contributed by atoms with Crippen molar-refractivity contribution in [1.82, 2.24) is 30.3 Å². The molecule has 3 rings (SSSR count). The Morgan fingerprint density at radius 2 is 1.94 bits per heavy atom. The van der Waals surface area contributed by atoms with E-state index >= 15 is 0 Å². The largest absolute Gasteiger partial charge is 0.342 e. The second kappa shape index (κ2) is 10.7. The minimum atomic E-state index is -0.394. The zero-order chi connectivity index (χ0) is 22.5. The lowest BCUT2D eigenvalue weighted by atomic mass is 10.0. The molecule has 0 radical (unpaired) electrons. The number of amides is 2. The minimum Gasteiger partial charge on any atom is -0.342 e. The molecule has 2 amide bonds. The molecule has 1 aliphatic rings. The van der Waals surface area contributed by atoms with Gasteiger partial charge in [0.1, 0.15) is 5.82 Å². The number of nitrogens with one attached hydrogen (secondary N) is 2. The molecule has 168 valence electrons. The summed E-state index contributed by atoms with van der Waals surface area (Å²) < 4.78 is 0. The van der Waals surface area contributed by atoms with E-state index in [9.17, 15) is 9.59 Å². The second-order valence-electron chi connectivity index (χ2n) is 7.80. The lowest BCUT2D eigenvalue weighted by Crippen LogP contribution is -2.47. The van der Waals surface area contributed by atoms with Gasteiger partial charge in [0.15, 0.2) is 0 Å². The van der Waals surface area contributed by atoms with Crippen LogP contribution >= 0.6 is 35.0 Å². The average molecular weight is 485 g/mol. The summed E-state index contributed by atoms with van der Waals surface area (Å²) in [6, 6.07) is 4.34. The van der Waals surface area contributed by atoms with E-state index in [0.29, 0.717) is 21.6 Å². The summed E-state index contributed by atoms with van der Waals surface area (Å²) in [5.74, 6) is 0.614. The number of hydrogen-bond donors (Lipinski definition) is 2. The van der Waals surface area contributed by atoms with Crippen LogP contribution in [-0.4, -0.2) is 75.8 Å². The number of aromatic nitrogens is 3. The van der Waals surface area contributed by atoms with E-state index in [1.807, 2.05) is 18.7 Å². The number of carbonyl (C=O) groups excluding carboxylic acids is 2. The Morgan fingerprint density at radius 3 is 2.58 bits per heavy atom. The summed E-state index contributed by atoms with van der Waals surface area (Å²) in [6.07, 6.45) is 0. The number of likely N-dealkylation sites (N-methyl/N-ethyl adjacent to an activating group) is 1. The van der Waals surface area contributed by atoms with Gasteiger partial charge < -0.3 is 15.1 Å². The van der Waals surface area contributed by atoms with E-state index in [-0.39, 0.29) is 28.5 Å². The molecule has 1 atom stereocenters. The van der Waals surface area contributed by atoms with Crippen LogP contribution in [0.15, 0.2) is 23.4 Å². The summed E-state index contributed by atoms with van der Waals surface area (Å²) >= 11 is 13.4. The molecule has 1 aromatic carbocycles. The molecule has 11 heteroatoms. The molecule has 0 spiro atoms. The van der Waals surface area contributed by atoms with Gasteiger partial charge >= 0.3 is 0 Å². The van der Waals surface area contributed by atoms with Crippen molar-refractivity contribution in [2.24, 2.45) is 5.92 Å². The van der Waals surface area contributed by atoms with Crippen LogP contribution in [0.25, 0.3) is 0 Å². The first-order chi connectivity index (χ1) is 14.7. The van der Waals surface area contributed by atoms with E-state index in [1.54, 1.807) is 12.1 Å². The Bertz CT molecular complexity index is 930. The van der Waals surface area contributed by atoms with E-state index in [1.165, 1.54) is 17.8 Å². The van der Waals surface area contributed by atoms with Crippen molar-refractivity contribution in [3.05, 3.63) is 39.6 Å². The molecular formula is C20H26Cl2N6O2S. The lowest BCUT2D eigenvalue weighted by Gasteiger charge is -2.32. The van der Waals surface area contributed by atoms with E-state index < -0.39 is 6.04 Å². The average Bonchev–Trinajstić information content (AvgIpc) is 3.19. The molecule has 2 N–H and O–H groups in total. The molecular weight excluding hydrogens is 459 g/mol. The monoisotopic (exact) mass is 484 g/mol. The number of nitrogens with zero attached hydrogens (tertiary/aromatic N) is 4. The first-order valence-electron chi connectivity index (χ1n) is 10.0. The molecule has 0 saturated carbocycles. The van der Waals surface area contributed by atoms with Crippen molar-refractivity contribution in [2.45, 2.75) is 25.0 Å². The van der Waals surface area contributed by atoms with Gasteiger partial charge in [-0.2, -0.15) is 0 Å². The third kappa shape index (κ3) is 6.35. The van der Waals surface area contributed by atoms with Gasteiger partial charge in [0.25, 0.3) is 5.91 Å². The van der Waals surface area contributed by atoms with Crippen LogP contribution in [0.2, 0.25) is 10.0 Å². The fourth-order valence-electron chi connectivity index (χ4n) is 3.18. The second-order valence-corrected chi connectivity index (χ2v) is 9.58. The van der Waals surface area contributed by atoms with E-state index in [2.05, 4.69) is 32.4 Å². The van der Waals surface area contributed by atoms with Gasteiger partial charge in [-0.3, -0.25) is 14.7 Å². The standard InChI is InChI=1S/C20H26Cl2N6O2S/c1-12(2)17(23-19(30)14-5-4-13(21)10-15(14)22)18-24-20(26-25-18)31-11-16(29)28-8-6-27(3)7-9-28/h4-5,10,12,17H,6-9,11H2,1-3H3,(H,23,30)(H,24,25,26)/t17-/m1/s1. The molecule has 31 heavy (non-hydrogen) atoms. The normalized spacial score (nSPS) is 15.9. The van der Waals surface area contributed by atoms with Crippen molar-refractivity contribution in [2.75, 3.05) is 39.0 Å². The Morgan fingerprint density at radius 1 is 1.23 bits per heavy atom. The van der Waals surface area contributed by atoms with E-state index in [4.69, 9.17) is 23.2 Å². The minimum absolute atomic E-state index is 0.0489. The van der Waals surface area contributed by atoms with Crippen LogP contribution in [0.1, 0.15) is 36.1 Å². The van der Waals surface area contributed by atoms with Crippen molar-refractivity contribution in [3.8, 4) is 0 Å². The number of hydrogen-bond acceptors (Lipinski definition) is 6. The van der Waals surface area contributed by atoms with Crippen molar-refractivity contribution in [1.29, 1.82) is 0 Å². The number of H-pyrrole nitrogens is 1. The van der Waals surface area contributed by atoms with Gasteiger partial charge in [0.2, 0.25) is 11.1 Å². The first-order valence-corrected chi connectivity index (χ1v) is 11.8. The molecule has 1 aliphatic heterocycles. The molecule has 0 aliphatic carbocycles. The van der Waals surface area contributed by atoms with Crippen molar-refractivity contribution < 1.29 is 9.59 Å². The summed E-state index contributed by atoms with van der Waals surface area (Å²) in [5.41, 5.74) is 0.337. The van der Waals surface area contributed by atoms with Crippen LogP contribution in [0.3, 0.4) is 0 Å². The fourth-order valence-corrected chi connectivity index (χ4v) is 4.38. The number of rotatable bonds is 7. The molecule has 0 unspecified atom stereocenters. The first kappa shape index (κ1) is 23.8. The number of piperazine rings is 1. The maximum Gasteiger partial charge on any atom is 0.253 e. The Labute approximate surface area is 196 Å². The molecule has 2 aromatic rings. The van der Waals surface area contributed by atoms with Gasteiger partial charge in [0.05, 0.1) is 22.4 Å². The van der Waals surface area contributed by atoms with Crippen LogP contribution in [-0.2, 0) is 4.79 Å².